The van der Waals surface area contributed by atoms with Gasteiger partial charge in [-0.25, -0.2) is 0 Å². The van der Waals surface area contributed by atoms with E-state index in [9.17, 15) is 4.79 Å². The van der Waals surface area contributed by atoms with E-state index in [-0.39, 0.29) is 23.9 Å². The zero-order valence-electron chi connectivity index (χ0n) is 19.0. The molecule has 0 radical (unpaired) electrons. The summed E-state index contributed by atoms with van der Waals surface area (Å²) in [6.45, 7) is 12.4. The fourth-order valence-corrected chi connectivity index (χ4v) is 3.06. The van der Waals surface area contributed by atoms with Crippen LogP contribution in [0.5, 0.6) is 5.75 Å². The molecule has 0 unspecified atom stereocenters. The van der Waals surface area contributed by atoms with E-state index in [2.05, 4.69) is 44.6 Å². The van der Waals surface area contributed by atoms with E-state index < -0.39 is 0 Å². The predicted molar refractivity (Wildman–Crippen MR) is 122 cm³/mol. The van der Waals surface area contributed by atoms with Gasteiger partial charge in [-0.15, -0.1) is 6.42 Å². The molecule has 2 aromatic rings. The smallest absolute Gasteiger partial charge is 0.309 e. The SMILES string of the molecule is C#Cc1c(C)c(C#Cc2ccc(CC(=O)OC)cc2)cc(C(C)(C)C)c1OC(C)C. The van der Waals surface area contributed by atoms with E-state index in [0.29, 0.717) is 0 Å². The largest absolute Gasteiger partial charge is 0.489 e. The predicted octanol–water partition coefficient (Wildman–Crippen LogP) is 5.18. The second-order valence-corrected chi connectivity index (χ2v) is 8.56. The summed E-state index contributed by atoms with van der Waals surface area (Å²) in [5, 5.41) is 0. The maximum absolute atomic E-state index is 11.4. The third kappa shape index (κ3) is 5.68. The van der Waals surface area contributed by atoms with Gasteiger partial charge in [-0.1, -0.05) is 50.7 Å². The zero-order valence-corrected chi connectivity index (χ0v) is 19.0. The first kappa shape index (κ1) is 23.1. The van der Waals surface area contributed by atoms with E-state index in [1.165, 1.54) is 7.11 Å². The molecule has 0 heterocycles. The molecular formula is C27H30O3. The summed E-state index contributed by atoms with van der Waals surface area (Å²) < 4.78 is 10.8. The fourth-order valence-electron chi connectivity index (χ4n) is 3.06. The Labute approximate surface area is 180 Å². The van der Waals surface area contributed by atoms with E-state index in [1.807, 2.05) is 45.0 Å². The molecule has 30 heavy (non-hydrogen) atoms. The van der Waals surface area contributed by atoms with Crippen molar-refractivity contribution < 1.29 is 14.3 Å². The van der Waals surface area contributed by atoms with E-state index in [1.54, 1.807) is 0 Å². The van der Waals surface area contributed by atoms with E-state index >= 15 is 0 Å². The van der Waals surface area contributed by atoms with Gasteiger partial charge >= 0.3 is 5.97 Å². The van der Waals surface area contributed by atoms with Crippen molar-refractivity contribution in [1.82, 2.24) is 0 Å². The maximum Gasteiger partial charge on any atom is 0.309 e. The molecular weight excluding hydrogens is 372 g/mol. The van der Waals surface area contributed by atoms with Crippen molar-refractivity contribution in [3.8, 4) is 29.9 Å². The number of carbonyl (C=O) groups is 1. The highest BCUT2D eigenvalue weighted by atomic mass is 16.5. The van der Waals surface area contributed by atoms with Gasteiger partial charge < -0.3 is 9.47 Å². The van der Waals surface area contributed by atoms with Gasteiger partial charge in [0.2, 0.25) is 0 Å². The van der Waals surface area contributed by atoms with Crippen LogP contribution in [0.3, 0.4) is 0 Å². The zero-order chi connectivity index (χ0) is 22.5. The summed E-state index contributed by atoms with van der Waals surface area (Å²) >= 11 is 0. The number of esters is 1. The Morgan fingerprint density at radius 2 is 1.77 bits per heavy atom. The first-order valence-electron chi connectivity index (χ1n) is 10.1. The normalized spacial score (nSPS) is 10.8. The molecule has 156 valence electrons. The number of carbonyl (C=O) groups excluding carboxylic acids is 1. The van der Waals surface area contributed by atoms with Gasteiger partial charge in [0.25, 0.3) is 0 Å². The summed E-state index contributed by atoms with van der Waals surface area (Å²) in [6, 6.07) is 9.68. The van der Waals surface area contributed by atoms with Gasteiger partial charge in [0.1, 0.15) is 5.75 Å². The molecule has 0 aliphatic rings. The molecule has 0 saturated carbocycles. The lowest BCUT2D eigenvalue weighted by atomic mass is 9.82. The molecule has 2 rings (SSSR count). The molecule has 0 aliphatic heterocycles. The Morgan fingerprint density at radius 3 is 2.27 bits per heavy atom. The molecule has 0 saturated heterocycles. The number of benzene rings is 2. The van der Waals surface area contributed by atoms with Gasteiger partial charge in [-0.3, -0.25) is 4.79 Å². The molecule has 2 aromatic carbocycles. The summed E-state index contributed by atoms with van der Waals surface area (Å²) in [5.41, 5.74) is 5.25. The standard InChI is InChI=1S/C27H30O3/c1-9-23-19(4)22(17-24(27(5,6)7)26(23)30-18(2)3)15-14-20-10-12-21(13-11-20)16-25(28)29-8/h1,10-13,17-18H,16H2,2-8H3. The van der Waals surface area contributed by atoms with E-state index in [4.69, 9.17) is 15.9 Å². The van der Waals surface area contributed by atoms with Crippen molar-refractivity contribution in [2.24, 2.45) is 0 Å². The minimum Gasteiger partial charge on any atom is -0.489 e. The summed E-state index contributed by atoms with van der Waals surface area (Å²) in [5.74, 6) is 9.82. The maximum atomic E-state index is 11.4. The molecule has 0 atom stereocenters. The third-order valence-corrected chi connectivity index (χ3v) is 4.72. The molecule has 0 amide bonds. The molecule has 0 N–H and O–H groups in total. The van der Waals surface area contributed by atoms with Crippen LogP contribution in [0.15, 0.2) is 30.3 Å². The number of methoxy groups -OCH3 is 1. The topological polar surface area (TPSA) is 35.5 Å². The fraction of sp³-hybridized carbons (Fsp3) is 0.370. The molecule has 3 heteroatoms. The van der Waals surface area contributed by atoms with Crippen LogP contribution in [-0.2, 0) is 21.4 Å². The summed E-state index contributed by atoms with van der Waals surface area (Å²) in [6.07, 6.45) is 6.14. The van der Waals surface area contributed by atoms with Gasteiger partial charge in [0.15, 0.2) is 0 Å². The highest BCUT2D eigenvalue weighted by molar-refractivity contribution is 5.72. The minimum absolute atomic E-state index is 0.0260. The van der Waals surface area contributed by atoms with Gasteiger partial charge in [-0.2, -0.15) is 0 Å². The van der Waals surface area contributed by atoms with Crippen LogP contribution < -0.4 is 4.74 Å². The number of rotatable bonds is 4. The van der Waals surface area contributed by atoms with Crippen molar-refractivity contribution in [3.05, 3.63) is 63.7 Å². The lowest BCUT2D eigenvalue weighted by molar-refractivity contribution is -0.139. The first-order valence-corrected chi connectivity index (χ1v) is 10.1. The average molecular weight is 403 g/mol. The molecule has 0 spiro atoms. The summed E-state index contributed by atoms with van der Waals surface area (Å²) in [4.78, 5) is 11.4. The van der Waals surface area contributed by atoms with Crippen LogP contribution in [0.1, 0.15) is 68.0 Å². The van der Waals surface area contributed by atoms with Crippen molar-refractivity contribution in [3.63, 3.8) is 0 Å². The molecule has 0 aromatic heterocycles. The van der Waals surface area contributed by atoms with Crippen molar-refractivity contribution in [2.45, 2.75) is 59.5 Å². The van der Waals surface area contributed by atoms with Crippen molar-refractivity contribution >= 4 is 5.97 Å². The lowest BCUT2D eigenvalue weighted by Gasteiger charge is -2.26. The highest BCUT2D eigenvalue weighted by Gasteiger charge is 2.24. The van der Waals surface area contributed by atoms with Crippen LogP contribution in [0.4, 0.5) is 0 Å². The van der Waals surface area contributed by atoms with E-state index in [0.717, 1.165) is 39.1 Å². The van der Waals surface area contributed by atoms with Crippen molar-refractivity contribution in [2.75, 3.05) is 7.11 Å². The Morgan fingerprint density at radius 1 is 1.13 bits per heavy atom. The Balaban J connectivity index is 2.49. The third-order valence-electron chi connectivity index (χ3n) is 4.72. The Hall–Kier alpha value is -3.17. The molecule has 0 bridgehead atoms. The van der Waals surface area contributed by atoms with Crippen LogP contribution in [0, 0.1) is 31.1 Å². The number of terminal acetylenes is 1. The highest BCUT2D eigenvalue weighted by Crippen LogP contribution is 2.37. The monoisotopic (exact) mass is 402 g/mol. The number of hydrogen-bond acceptors (Lipinski definition) is 3. The van der Waals surface area contributed by atoms with Gasteiger partial charge in [0, 0.05) is 16.7 Å². The lowest BCUT2D eigenvalue weighted by Crippen LogP contribution is -2.18. The Bertz CT molecular complexity index is 1020. The number of ether oxygens (including phenoxy) is 2. The second-order valence-electron chi connectivity index (χ2n) is 8.56. The van der Waals surface area contributed by atoms with Crippen LogP contribution >= 0.6 is 0 Å². The van der Waals surface area contributed by atoms with Gasteiger partial charge in [0.05, 0.1) is 25.2 Å². The molecule has 0 fully saturated rings. The Kier molecular flexibility index (Phi) is 7.36. The minimum atomic E-state index is -0.260. The quantitative estimate of drug-likeness (QED) is 0.522. The van der Waals surface area contributed by atoms with Crippen molar-refractivity contribution in [1.29, 1.82) is 0 Å². The first-order chi connectivity index (χ1) is 14.1. The van der Waals surface area contributed by atoms with Gasteiger partial charge in [-0.05, 0) is 55.5 Å². The molecule has 0 aliphatic carbocycles. The molecule has 3 nitrogen and oxygen atoms in total. The average Bonchev–Trinajstić information content (AvgIpc) is 2.67. The second kappa shape index (κ2) is 9.55. The van der Waals surface area contributed by atoms with Crippen LogP contribution in [-0.4, -0.2) is 19.2 Å². The van der Waals surface area contributed by atoms with Crippen LogP contribution in [0.25, 0.3) is 0 Å². The number of hydrogen-bond donors (Lipinski definition) is 0. The van der Waals surface area contributed by atoms with Crippen LogP contribution in [0.2, 0.25) is 0 Å². The summed E-state index contributed by atoms with van der Waals surface area (Å²) in [7, 11) is 1.39.